The maximum Gasteiger partial charge on any atom is 0.208 e. The highest BCUT2D eigenvalue weighted by Crippen LogP contribution is 2.10. The first-order chi connectivity index (χ1) is 9.28. The molecule has 0 amide bonds. The third-order valence-electron chi connectivity index (χ3n) is 3.05. The average Bonchev–Trinajstić information content (AvgIpc) is 2.85. The Morgan fingerprint density at radius 1 is 1.26 bits per heavy atom. The summed E-state index contributed by atoms with van der Waals surface area (Å²) in [4.78, 5) is 4.29. The molecule has 0 saturated carbocycles. The smallest absolute Gasteiger partial charge is 0.208 e. The quantitative estimate of drug-likeness (QED) is 0.775. The van der Waals surface area contributed by atoms with Crippen LogP contribution in [0.25, 0.3) is 0 Å². The molecular formula is C16H22N2O. The van der Waals surface area contributed by atoms with Gasteiger partial charge >= 0.3 is 0 Å². The lowest BCUT2D eigenvalue weighted by molar-refractivity contribution is 0.435. The summed E-state index contributed by atoms with van der Waals surface area (Å²) in [5.74, 6) is 1.75. The number of benzene rings is 1. The van der Waals surface area contributed by atoms with E-state index in [1.165, 1.54) is 11.1 Å². The van der Waals surface area contributed by atoms with Gasteiger partial charge in [0.25, 0.3) is 0 Å². The van der Waals surface area contributed by atoms with E-state index in [1.807, 2.05) is 6.20 Å². The molecule has 0 spiro atoms. The van der Waals surface area contributed by atoms with Crippen LogP contribution in [0.2, 0.25) is 0 Å². The van der Waals surface area contributed by atoms with Crippen molar-refractivity contribution in [2.24, 2.45) is 0 Å². The molecule has 0 aliphatic heterocycles. The van der Waals surface area contributed by atoms with E-state index in [0.717, 1.165) is 44.0 Å². The van der Waals surface area contributed by atoms with E-state index in [2.05, 4.69) is 48.4 Å². The lowest BCUT2D eigenvalue weighted by Crippen LogP contribution is -2.13. The zero-order valence-electron chi connectivity index (χ0n) is 11.8. The van der Waals surface area contributed by atoms with Crippen LogP contribution in [0.1, 0.15) is 36.1 Å². The van der Waals surface area contributed by atoms with Crippen LogP contribution >= 0.6 is 0 Å². The molecule has 19 heavy (non-hydrogen) atoms. The molecule has 0 aliphatic carbocycles. The fraction of sp³-hybridized carbons (Fsp3) is 0.438. The number of rotatable bonds is 7. The molecule has 0 unspecified atom stereocenters. The molecule has 0 fully saturated rings. The van der Waals surface area contributed by atoms with Gasteiger partial charge in [-0.1, -0.05) is 36.8 Å². The molecule has 102 valence electrons. The van der Waals surface area contributed by atoms with Crippen LogP contribution in [0.15, 0.2) is 34.9 Å². The van der Waals surface area contributed by atoms with Gasteiger partial charge in [-0.15, -0.1) is 0 Å². The van der Waals surface area contributed by atoms with E-state index >= 15 is 0 Å². The van der Waals surface area contributed by atoms with Gasteiger partial charge in [0.05, 0.1) is 12.7 Å². The maximum atomic E-state index is 5.71. The summed E-state index contributed by atoms with van der Waals surface area (Å²) < 4.78 is 5.71. The number of nitrogens with zero attached hydrogens (tertiary/aromatic N) is 1. The number of hydrogen-bond acceptors (Lipinski definition) is 3. The highest BCUT2D eigenvalue weighted by atomic mass is 16.4. The van der Waals surface area contributed by atoms with E-state index in [4.69, 9.17) is 4.42 Å². The fourth-order valence-electron chi connectivity index (χ4n) is 2.05. The van der Waals surface area contributed by atoms with Crippen LogP contribution in [0.3, 0.4) is 0 Å². The van der Waals surface area contributed by atoms with E-state index in [0.29, 0.717) is 0 Å². The lowest BCUT2D eigenvalue weighted by atomic mass is 10.1. The normalized spacial score (nSPS) is 10.8. The molecule has 1 N–H and O–H groups in total. The predicted octanol–water partition coefficient (Wildman–Crippen LogP) is 3.27. The Balaban J connectivity index is 1.83. The van der Waals surface area contributed by atoms with Crippen LogP contribution in [-0.4, -0.2) is 11.5 Å². The van der Waals surface area contributed by atoms with Gasteiger partial charge in [-0.3, -0.25) is 0 Å². The molecule has 3 nitrogen and oxygen atoms in total. The Kier molecular flexibility index (Phi) is 5.16. The number of aromatic nitrogens is 1. The summed E-state index contributed by atoms with van der Waals surface area (Å²) in [6.07, 6.45) is 4.88. The van der Waals surface area contributed by atoms with E-state index in [-0.39, 0.29) is 0 Å². The van der Waals surface area contributed by atoms with Crippen LogP contribution in [-0.2, 0) is 19.4 Å². The summed E-state index contributed by atoms with van der Waals surface area (Å²) in [5, 5.41) is 3.29. The van der Waals surface area contributed by atoms with Crippen molar-refractivity contribution < 1.29 is 4.42 Å². The minimum atomic E-state index is 0.721. The van der Waals surface area contributed by atoms with Gasteiger partial charge in [-0.2, -0.15) is 0 Å². The third kappa shape index (κ3) is 4.52. The Morgan fingerprint density at radius 3 is 2.95 bits per heavy atom. The van der Waals surface area contributed by atoms with Crippen LogP contribution < -0.4 is 5.32 Å². The van der Waals surface area contributed by atoms with Crippen molar-refractivity contribution in [3.05, 3.63) is 53.2 Å². The average molecular weight is 258 g/mol. The molecule has 1 aromatic heterocycles. The van der Waals surface area contributed by atoms with Crippen molar-refractivity contribution >= 4 is 0 Å². The molecule has 2 aromatic rings. The van der Waals surface area contributed by atoms with Crippen LogP contribution in [0.4, 0.5) is 0 Å². The minimum Gasteiger partial charge on any atom is -0.444 e. The summed E-state index contributed by atoms with van der Waals surface area (Å²) in [6.45, 7) is 5.99. The Labute approximate surface area is 115 Å². The standard InChI is InChI=1S/C16H22N2O/c1-3-9-17-12-16-18-11-15(19-16)8-7-14-6-4-5-13(2)10-14/h4-6,10-11,17H,3,7-9,12H2,1-2H3. The van der Waals surface area contributed by atoms with Gasteiger partial charge in [-0.25, -0.2) is 4.98 Å². The molecule has 0 radical (unpaired) electrons. The number of hydrogen-bond donors (Lipinski definition) is 1. The van der Waals surface area contributed by atoms with Gasteiger partial charge in [-0.05, 0) is 31.9 Å². The minimum absolute atomic E-state index is 0.721. The first-order valence-corrected chi connectivity index (χ1v) is 6.97. The lowest BCUT2D eigenvalue weighted by Gasteiger charge is -2.01. The summed E-state index contributed by atoms with van der Waals surface area (Å²) >= 11 is 0. The Morgan fingerprint density at radius 2 is 2.16 bits per heavy atom. The zero-order chi connectivity index (χ0) is 13.5. The molecular weight excluding hydrogens is 236 g/mol. The van der Waals surface area contributed by atoms with Crippen molar-refractivity contribution in [1.29, 1.82) is 0 Å². The summed E-state index contributed by atoms with van der Waals surface area (Å²) in [6, 6.07) is 8.60. The largest absolute Gasteiger partial charge is 0.444 e. The highest BCUT2D eigenvalue weighted by Gasteiger charge is 2.04. The second-order valence-corrected chi connectivity index (χ2v) is 4.89. The number of oxazole rings is 1. The first-order valence-electron chi connectivity index (χ1n) is 6.97. The molecule has 2 rings (SSSR count). The summed E-state index contributed by atoms with van der Waals surface area (Å²) in [7, 11) is 0. The Bertz CT molecular complexity index is 505. The molecule has 0 bridgehead atoms. The molecule has 1 aromatic carbocycles. The van der Waals surface area contributed by atoms with Gasteiger partial charge in [0.1, 0.15) is 5.76 Å². The monoisotopic (exact) mass is 258 g/mol. The van der Waals surface area contributed by atoms with Crippen molar-refractivity contribution in [2.75, 3.05) is 6.54 Å². The van der Waals surface area contributed by atoms with Gasteiger partial charge in [0, 0.05) is 6.42 Å². The van der Waals surface area contributed by atoms with Crippen molar-refractivity contribution in [2.45, 2.75) is 39.7 Å². The predicted molar refractivity (Wildman–Crippen MR) is 77.1 cm³/mol. The van der Waals surface area contributed by atoms with Gasteiger partial charge in [0.2, 0.25) is 5.89 Å². The highest BCUT2D eigenvalue weighted by molar-refractivity contribution is 5.22. The Hall–Kier alpha value is -1.61. The topological polar surface area (TPSA) is 38.1 Å². The zero-order valence-corrected chi connectivity index (χ0v) is 11.8. The van der Waals surface area contributed by atoms with Gasteiger partial charge in [0.15, 0.2) is 0 Å². The van der Waals surface area contributed by atoms with Crippen LogP contribution in [0.5, 0.6) is 0 Å². The molecule has 1 heterocycles. The molecule has 0 saturated heterocycles. The maximum absolute atomic E-state index is 5.71. The fourth-order valence-corrected chi connectivity index (χ4v) is 2.05. The van der Waals surface area contributed by atoms with E-state index in [9.17, 15) is 0 Å². The van der Waals surface area contributed by atoms with Crippen molar-refractivity contribution in [3.63, 3.8) is 0 Å². The number of aryl methyl sites for hydroxylation is 3. The van der Waals surface area contributed by atoms with Crippen molar-refractivity contribution in [3.8, 4) is 0 Å². The summed E-state index contributed by atoms with van der Waals surface area (Å²) in [5.41, 5.74) is 2.65. The SMILES string of the molecule is CCCNCc1ncc(CCc2cccc(C)c2)o1. The van der Waals surface area contributed by atoms with Crippen molar-refractivity contribution in [1.82, 2.24) is 10.3 Å². The van der Waals surface area contributed by atoms with Crippen LogP contribution in [0, 0.1) is 6.92 Å². The third-order valence-corrected chi connectivity index (χ3v) is 3.05. The number of nitrogens with one attached hydrogen (secondary N) is 1. The van der Waals surface area contributed by atoms with Gasteiger partial charge < -0.3 is 9.73 Å². The second kappa shape index (κ2) is 7.10. The molecule has 0 atom stereocenters. The second-order valence-electron chi connectivity index (χ2n) is 4.89. The first kappa shape index (κ1) is 13.8. The van der Waals surface area contributed by atoms with E-state index in [1.54, 1.807) is 0 Å². The molecule has 0 aliphatic rings. The molecule has 3 heteroatoms. The van der Waals surface area contributed by atoms with E-state index < -0.39 is 0 Å².